The van der Waals surface area contributed by atoms with Crippen LogP contribution in [0.25, 0.3) is 4.91 Å². The Kier molecular flexibility index (Phi) is 4.74. The molecule has 0 amide bonds. The highest BCUT2D eigenvalue weighted by Crippen LogP contribution is 2.57. The minimum atomic E-state index is 0.283. The third-order valence-corrected chi connectivity index (χ3v) is 11.2. The minimum absolute atomic E-state index is 0.283. The van der Waals surface area contributed by atoms with Crippen LogP contribution in [0.1, 0.15) is 12.5 Å². The van der Waals surface area contributed by atoms with Crippen LogP contribution in [-0.2, 0) is 0 Å². The Labute approximate surface area is 124 Å². The van der Waals surface area contributed by atoms with E-state index in [9.17, 15) is 0 Å². The standard InChI is InChI=1S/C11H10ClIS3/c1-7-10(15-16(13)11(7)14-2)8-3-5-9(12)6-4-8/h3-6H,1-2H3. The van der Waals surface area contributed by atoms with Gasteiger partial charge in [-0.1, -0.05) is 34.5 Å². The smallest absolute Gasteiger partial charge is 0.0545 e. The molecule has 0 aliphatic carbocycles. The molecular weight excluding hydrogens is 391 g/mol. The molecule has 0 saturated heterocycles. The Morgan fingerprint density at radius 2 is 1.94 bits per heavy atom. The highest BCUT2D eigenvalue weighted by Gasteiger charge is 2.20. The van der Waals surface area contributed by atoms with E-state index in [0.717, 1.165) is 5.02 Å². The second-order valence-electron chi connectivity index (χ2n) is 3.26. The molecule has 1 heterocycles. The zero-order valence-electron chi connectivity index (χ0n) is 8.79. The molecule has 5 heteroatoms. The monoisotopic (exact) mass is 400 g/mol. The maximum Gasteiger partial charge on any atom is 0.0545 e. The van der Waals surface area contributed by atoms with Crippen molar-refractivity contribution >= 4 is 71.2 Å². The van der Waals surface area contributed by atoms with Gasteiger partial charge in [0.05, 0.1) is 4.20 Å². The summed E-state index contributed by atoms with van der Waals surface area (Å²) in [5, 5.41) is 0.799. The number of rotatable bonds is 1. The Hall–Kier alpha value is 0.900. The van der Waals surface area contributed by atoms with Crippen LogP contribution in [0.3, 0.4) is 0 Å². The van der Waals surface area contributed by atoms with Crippen molar-refractivity contribution in [2.75, 3.05) is 6.26 Å². The van der Waals surface area contributed by atoms with Gasteiger partial charge in [-0.15, -0.1) is 11.8 Å². The average molecular weight is 401 g/mol. The van der Waals surface area contributed by atoms with E-state index in [1.54, 1.807) is 0 Å². The van der Waals surface area contributed by atoms with Crippen LogP contribution < -0.4 is 0 Å². The van der Waals surface area contributed by atoms with E-state index in [0.29, 0.717) is 0 Å². The molecule has 0 bridgehead atoms. The van der Waals surface area contributed by atoms with Gasteiger partial charge in [0.15, 0.2) is 0 Å². The van der Waals surface area contributed by atoms with Gasteiger partial charge in [-0.2, -0.15) is 0 Å². The van der Waals surface area contributed by atoms with Crippen molar-refractivity contribution in [2.24, 2.45) is 0 Å². The number of thioether (sulfide) groups is 1. The Morgan fingerprint density at radius 3 is 2.44 bits per heavy atom. The number of hydrogen-bond acceptors (Lipinski definition) is 2. The van der Waals surface area contributed by atoms with Crippen molar-refractivity contribution < 1.29 is 0 Å². The maximum absolute atomic E-state index is 5.91. The minimum Gasteiger partial charge on any atom is -0.122 e. The molecule has 1 unspecified atom stereocenters. The first-order chi connectivity index (χ1) is 7.63. The van der Waals surface area contributed by atoms with E-state index in [1.807, 2.05) is 34.7 Å². The molecule has 0 spiro atoms. The van der Waals surface area contributed by atoms with Crippen molar-refractivity contribution in [3.05, 3.63) is 40.4 Å². The molecule has 0 aromatic heterocycles. The van der Waals surface area contributed by atoms with Crippen molar-refractivity contribution in [3.8, 4) is 0 Å². The third-order valence-electron chi connectivity index (χ3n) is 2.24. The summed E-state index contributed by atoms with van der Waals surface area (Å²) in [4.78, 5) is 1.40. The molecule has 0 nitrogen and oxygen atoms in total. The van der Waals surface area contributed by atoms with Crippen molar-refractivity contribution in [3.63, 3.8) is 0 Å². The van der Waals surface area contributed by atoms with Gasteiger partial charge in [0.1, 0.15) is 0 Å². The van der Waals surface area contributed by atoms with Crippen LogP contribution >= 0.6 is 62.0 Å². The van der Waals surface area contributed by atoms with Crippen LogP contribution in [-0.4, -0.2) is 10.5 Å². The first kappa shape index (κ1) is 13.3. The quantitative estimate of drug-likeness (QED) is 0.330. The summed E-state index contributed by atoms with van der Waals surface area (Å²) in [6, 6.07) is 8.12. The van der Waals surface area contributed by atoms with Crippen molar-refractivity contribution in [1.29, 1.82) is 0 Å². The molecule has 2 rings (SSSR count). The van der Waals surface area contributed by atoms with Gasteiger partial charge in [-0.25, -0.2) is 0 Å². The molecule has 1 aliphatic rings. The fourth-order valence-electron chi connectivity index (χ4n) is 1.47. The summed E-state index contributed by atoms with van der Waals surface area (Å²) in [7, 11) is 1.96. The van der Waals surface area contributed by atoms with E-state index in [1.165, 1.54) is 20.2 Å². The summed E-state index contributed by atoms with van der Waals surface area (Å²) in [5.74, 6) is 0. The molecule has 0 N–H and O–H groups in total. The zero-order chi connectivity index (χ0) is 11.7. The zero-order valence-corrected chi connectivity index (χ0v) is 14.2. The van der Waals surface area contributed by atoms with Crippen LogP contribution in [0.15, 0.2) is 29.8 Å². The lowest BCUT2D eigenvalue weighted by Gasteiger charge is -2.04. The Balaban J connectivity index is 2.38. The molecule has 0 radical (unpaired) electrons. The molecule has 0 fully saturated rings. The van der Waals surface area contributed by atoms with Gasteiger partial charge in [0.25, 0.3) is 0 Å². The van der Waals surface area contributed by atoms with Gasteiger partial charge < -0.3 is 0 Å². The number of halogens is 2. The SMILES string of the molecule is CSC1=S(I)SC(c2ccc(Cl)cc2)=C1C. The highest BCUT2D eigenvalue weighted by atomic mass is 127. The van der Waals surface area contributed by atoms with Crippen LogP contribution in [0.2, 0.25) is 5.02 Å². The van der Waals surface area contributed by atoms with E-state index in [2.05, 4.69) is 46.5 Å². The average Bonchev–Trinajstić information content (AvgIpc) is 2.55. The molecule has 1 aromatic carbocycles. The largest absolute Gasteiger partial charge is 0.122 e. The molecule has 86 valence electrons. The predicted octanol–water partition coefficient (Wildman–Crippen LogP) is 5.84. The highest BCUT2D eigenvalue weighted by molar-refractivity contribution is 14.2. The summed E-state index contributed by atoms with van der Waals surface area (Å²) in [5.41, 5.74) is 2.71. The molecule has 16 heavy (non-hydrogen) atoms. The Morgan fingerprint density at radius 1 is 1.31 bits per heavy atom. The van der Waals surface area contributed by atoms with Gasteiger partial charge in [0, 0.05) is 31.1 Å². The lowest BCUT2D eigenvalue weighted by molar-refractivity contribution is 1.60. The summed E-state index contributed by atoms with van der Waals surface area (Å²) < 4.78 is 1.51. The maximum atomic E-state index is 5.91. The van der Waals surface area contributed by atoms with Crippen molar-refractivity contribution in [2.45, 2.75) is 6.92 Å². The van der Waals surface area contributed by atoms with Gasteiger partial charge >= 0.3 is 0 Å². The van der Waals surface area contributed by atoms with Crippen LogP contribution in [0.4, 0.5) is 0 Å². The number of hydrogen-bond donors (Lipinski definition) is 0. The summed E-state index contributed by atoms with van der Waals surface area (Å²) >= 11 is 10.3. The Bertz CT molecular complexity index is 477. The van der Waals surface area contributed by atoms with Crippen molar-refractivity contribution in [1.82, 2.24) is 0 Å². The summed E-state index contributed by atoms with van der Waals surface area (Å²) in [6.45, 7) is 2.50. The second-order valence-corrected chi connectivity index (χ2v) is 12.1. The first-order valence-corrected chi connectivity index (χ1v) is 11.3. The lowest BCUT2D eigenvalue weighted by atomic mass is 10.1. The van der Waals surface area contributed by atoms with Gasteiger partial charge in [0.2, 0.25) is 0 Å². The second kappa shape index (κ2) is 5.69. The first-order valence-electron chi connectivity index (χ1n) is 4.60. The molecule has 1 atom stereocenters. The van der Waals surface area contributed by atoms with Gasteiger partial charge in [-0.05, 0) is 43.1 Å². The van der Waals surface area contributed by atoms with Gasteiger partial charge in [-0.3, -0.25) is 0 Å². The molecule has 1 aromatic rings. The third kappa shape index (κ3) is 2.66. The fraction of sp³-hybridized carbons (Fsp3) is 0.182. The summed E-state index contributed by atoms with van der Waals surface area (Å²) in [6.07, 6.45) is 2.16. The van der Waals surface area contributed by atoms with E-state index in [-0.39, 0.29) is 6.69 Å². The van der Waals surface area contributed by atoms with E-state index < -0.39 is 0 Å². The lowest BCUT2D eigenvalue weighted by Crippen LogP contribution is -1.89. The van der Waals surface area contributed by atoms with Crippen LogP contribution in [0, 0.1) is 0 Å². The molecule has 1 aliphatic heterocycles. The predicted molar refractivity (Wildman–Crippen MR) is 91.8 cm³/mol. The normalized spacial score (nSPS) is 20.8. The topological polar surface area (TPSA) is 0 Å². The van der Waals surface area contributed by atoms with E-state index >= 15 is 0 Å². The van der Waals surface area contributed by atoms with Crippen LogP contribution in [0.5, 0.6) is 0 Å². The fourth-order valence-corrected chi connectivity index (χ4v) is 10.5. The molecular formula is C11H10ClIS3. The van der Waals surface area contributed by atoms with E-state index in [4.69, 9.17) is 11.6 Å². The molecule has 0 saturated carbocycles. The number of benzene rings is 1.